The number of carbonyl (C=O) groups is 1. The van der Waals surface area contributed by atoms with E-state index in [1.54, 1.807) is 4.90 Å². The summed E-state index contributed by atoms with van der Waals surface area (Å²) in [5.74, 6) is 0. The molecule has 0 bridgehead atoms. The molecular weight excluding hydrogens is 341 g/mol. The molecule has 1 heterocycles. The normalized spacial score (nSPS) is 23.3. The molecule has 1 amide bonds. The lowest BCUT2D eigenvalue weighted by Gasteiger charge is -2.32. The van der Waals surface area contributed by atoms with E-state index in [-0.39, 0.29) is 30.5 Å². The molecule has 1 aromatic rings. The zero-order valence-electron chi connectivity index (χ0n) is 17.9. The van der Waals surface area contributed by atoms with Crippen molar-refractivity contribution < 1.29 is 18.8 Å². The second kappa shape index (κ2) is 6.52. The summed E-state index contributed by atoms with van der Waals surface area (Å²) in [4.78, 5) is 14.1. The lowest BCUT2D eigenvalue weighted by atomic mass is 9.78. The molecule has 148 valence electrons. The molecule has 5 nitrogen and oxygen atoms in total. The summed E-state index contributed by atoms with van der Waals surface area (Å²) < 4.78 is 17.8. The highest BCUT2D eigenvalue weighted by Crippen LogP contribution is 2.37. The fraction of sp³-hybridized carbons (Fsp3) is 0.667. The van der Waals surface area contributed by atoms with Crippen molar-refractivity contribution >= 4 is 18.7 Å². The third-order valence-corrected chi connectivity index (χ3v) is 5.90. The molecule has 0 saturated carbocycles. The van der Waals surface area contributed by atoms with Crippen molar-refractivity contribution in [1.29, 1.82) is 0 Å². The van der Waals surface area contributed by atoms with Crippen LogP contribution in [0.2, 0.25) is 0 Å². The molecule has 1 saturated heterocycles. The monoisotopic (exact) mass is 373 g/mol. The highest BCUT2D eigenvalue weighted by Gasteiger charge is 2.51. The van der Waals surface area contributed by atoms with Crippen LogP contribution in [-0.4, -0.2) is 48.0 Å². The summed E-state index contributed by atoms with van der Waals surface area (Å²) in [6.45, 7) is 13.9. The molecular formula is C21H32BNO4. The number of rotatable bonds is 2. The second-order valence-electron chi connectivity index (χ2n) is 9.77. The van der Waals surface area contributed by atoms with Crippen molar-refractivity contribution in [3.05, 3.63) is 29.3 Å². The maximum atomic E-state index is 12.4. The maximum Gasteiger partial charge on any atom is 0.494 e. The van der Waals surface area contributed by atoms with E-state index in [2.05, 4.69) is 45.9 Å². The summed E-state index contributed by atoms with van der Waals surface area (Å²) >= 11 is 0. The van der Waals surface area contributed by atoms with Gasteiger partial charge in [-0.25, -0.2) is 4.79 Å². The molecule has 6 heteroatoms. The maximum absolute atomic E-state index is 12.4. The van der Waals surface area contributed by atoms with Gasteiger partial charge in [-0.2, -0.15) is 0 Å². The van der Waals surface area contributed by atoms with Gasteiger partial charge in [0.15, 0.2) is 0 Å². The highest BCUT2D eigenvalue weighted by molar-refractivity contribution is 6.62. The van der Waals surface area contributed by atoms with E-state index in [0.717, 1.165) is 18.3 Å². The van der Waals surface area contributed by atoms with Gasteiger partial charge >= 0.3 is 13.2 Å². The van der Waals surface area contributed by atoms with Gasteiger partial charge in [-0.1, -0.05) is 18.2 Å². The van der Waals surface area contributed by atoms with E-state index < -0.39 is 5.60 Å². The van der Waals surface area contributed by atoms with E-state index in [4.69, 9.17) is 14.0 Å². The Kier molecular flexibility index (Phi) is 4.88. The zero-order chi connectivity index (χ0) is 20.2. The van der Waals surface area contributed by atoms with Crippen LogP contribution in [0.5, 0.6) is 0 Å². The number of carbonyl (C=O) groups excluding carboxylic acids is 1. The first kappa shape index (κ1) is 20.2. The van der Waals surface area contributed by atoms with E-state index >= 15 is 0 Å². The summed E-state index contributed by atoms with van der Waals surface area (Å²) in [5, 5.41) is 0. The number of hydrogen-bond acceptors (Lipinski definition) is 4. The molecule has 1 atom stereocenters. The van der Waals surface area contributed by atoms with Crippen LogP contribution >= 0.6 is 0 Å². The third kappa shape index (κ3) is 4.02. The SMILES string of the molecule is CN(C(=O)OC(C)(C)C)C1Cc2ccc(B3OC(C)(C)C(C)(C)O3)cc2C1. The second-order valence-corrected chi connectivity index (χ2v) is 9.77. The topological polar surface area (TPSA) is 48.0 Å². The van der Waals surface area contributed by atoms with Gasteiger partial charge in [-0.3, -0.25) is 0 Å². The summed E-state index contributed by atoms with van der Waals surface area (Å²) in [7, 11) is 1.46. The van der Waals surface area contributed by atoms with E-state index in [1.165, 1.54) is 11.1 Å². The van der Waals surface area contributed by atoms with Gasteiger partial charge in [0.1, 0.15) is 5.60 Å². The smallest absolute Gasteiger partial charge is 0.444 e. The molecule has 1 aliphatic carbocycles. The lowest BCUT2D eigenvalue weighted by Crippen LogP contribution is -2.41. The Balaban J connectivity index is 1.72. The van der Waals surface area contributed by atoms with Crippen LogP contribution in [0.3, 0.4) is 0 Å². The molecule has 0 aromatic heterocycles. The van der Waals surface area contributed by atoms with Crippen LogP contribution in [0.1, 0.15) is 59.6 Å². The van der Waals surface area contributed by atoms with Crippen LogP contribution in [0.4, 0.5) is 4.79 Å². The standard InChI is InChI=1S/C21H32BNO4/c1-19(2,3)25-18(24)23(8)17-12-14-9-10-16(11-15(14)13-17)22-26-20(4,5)21(6,7)27-22/h9-11,17H,12-13H2,1-8H3. The quantitative estimate of drug-likeness (QED) is 0.747. The number of hydrogen-bond donors (Lipinski definition) is 0. The Morgan fingerprint density at radius 1 is 1.11 bits per heavy atom. The first-order valence-corrected chi connectivity index (χ1v) is 9.72. The Labute approximate surface area is 163 Å². The fourth-order valence-electron chi connectivity index (χ4n) is 3.50. The number of amides is 1. The number of likely N-dealkylation sites (N-methyl/N-ethyl adjacent to an activating group) is 1. The molecule has 1 aromatic carbocycles. The van der Waals surface area contributed by atoms with E-state index in [9.17, 15) is 4.79 Å². The fourth-order valence-corrected chi connectivity index (χ4v) is 3.50. The first-order valence-electron chi connectivity index (χ1n) is 9.72. The molecule has 2 aliphatic rings. The van der Waals surface area contributed by atoms with Crippen molar-refractivity contribution in [3.63, 3.8) is 0 Å². The Morgan fingerprint density at radius 3 is 2.22 bits per heavy atom. The molecule has 3 rings (SSSR count). The minimum absolute atomic E-state index is 0.114. The van der Waals surface area contributed by atoms with Crippen molar-refractivity contribution in [2.75, 3.05) is 7.05 Å². The minimum Gasteiger partial charge on any atom is -0.444 e. The van der Waals surface area contributed by atoms with Gasteiger partial charge in [0, 0.05) is 13.1 Å². The molecule has 0 spiro atoms. The van der Waals surface area contributed by atoms with Crippen molar-refractivity contribution in [3.8, 4) is 0 Å². The number of fused-ring (bicyclic) bond motifs is 1. The predicted octanol–water partition coefficient (Wildman–Crippen LogP) is 3.32. The Morgan fingerprint density at radius 2 is 1.67 bits per heavy atom. The number of benzene rings is 1. The summed E-state index contributed by atoms with van der Waals surface area (Å²) in [6, 6.07) is 6.50. The molecule has 1 fully saturated rings. The van der Waals surface area contributed by atoms with Crippen molar-refractivity contribution in [1.82, 2.24) is 4.90 Å². The largest absolute Gasteiger partial charge is 0.494 e. The molecule has 0 radical (unpaired) electrons. The Hall–Kier alpha value is -1.53. The summed E-state index contributed by atoms with van der Waals surface area (Å²) in [6.07, 6.45) is 1.39. The molecule has 0 N–H and O–H groups in total. The van der Waals surface area contributed by atoms with Gasteiger partial charge in [-0.05, 0) is 77.9 Å². The van der Waals surface area contributed by atoms with Gasteiger partial charge in [0.25, 0.3) is 0 Å². The van der Waals surface area contributed by atoms with Gasteiger partial charge < -0.3 is 18.9 Å². The Bertz CT molecular complexity index is 722. The molecule has 1 aliphatic heterocycles. The number of nitrogens with zero attached hydrogens (tertiary/aromatic N) is 1. The third-order valence-electron chi connectivity index (χ3n) is 5.90. The lowest BCUT2D eigenvalue weighted by molar-refractivity contribution is 0.00578. The summed E-state index contributed by atoms with van der Waals surface area (Å²) in [5.41, 5.74) is 2.37. The van der Waals surface area contributed by atoms with Crippen LogP contribution < -0.4 is 5.46 Å². The molecule has 27 heavy (non-hydrogen) atoms. The first-order chi connectivity index (χ1) is 12.3. The zero-order valence-corrected chi connectivity index (χ0v) is 17.9. The van der Waals surface area contributed by atoms with Crippen molar-refractivity contribution in [2.24, 2.45) is 0 Å². The highest BCUT2D eigenvalue weighted by atomic mass is 16.7. The number of ether oxygens (including phenoxy) is 1. The van der Waals surface area contributed by atoms with Gasteiger partial charge in [-0.15, -0.1) is 0 Å². The molecule has 1 unspecified atom stereocenters. The average Bonchev–Trinajstić information content (AvgIpc) is 3.02. The minimum atomic E-state index is -0.485. The van der Waals surface area contributed by atoms with Crippen molar-refractivity contribution in [2.45, 2.75) is 84.2 Å². The van der Waals surface area contributed by atoms with Crippen LogP contribution in [0.25, 0.3) is 0 Å². The predicted molar refractivity (Wildman–Crippen MR) is 107 cm³/mol. The van der Waals surface area contributed by atoms with E-state index in [0.29, 0.717) is 0 Å². The average molecular weight is 373 g/mol. The van der Waals surface area contributed by atoms with Gasteiger partial charge in [0.2, 0.25) is 0 Å². The van der Waals surface area contributed by atoms with Gasteiger partial charge in [0.05, 0.1) is 11.2 Å². The van der Waals surface area contributed by atoms with Crippen LogP contribution in [-0.2, 0) is 26.9 Å². The van der Waals surface area contributed by atoms with Crippen LogP contribution in [0, 0.1) is 0 Å². The van der Waals surface area contributed by atoms with Crippen LogP contribution in [0.15, 0.2) is 18.2 Å². The van der Waals surface area contributed by atoms with E-state index in [1.807, 2.05) is 27.8 Å².